The highest BCUT2D eigenvalue weighted by Crippen LogP contribution is 2.17. The summed E-state index contributed by atoms with van der Waals surface area (Å²) in [6, 6.07) is 7.79. The summed E-state index contributed by atoms with van der Waals surface area (Å²) in [6.07, 6.45) is 0.743. The lowest BCUT2D eigenvalue weighted by Crippen LogP contribution is -2.24. The van der Waals surface area contributed by atoms with Crippen LogP contribution >= 0.6 is 0 Å². The Balaban J connectivity index is 2.64. The van der Waals surface area contributed by atoms with E-state index in [1.165, 1.54) is 0 Å². The summed E-state index contributed by atoms with van der Waals surface area (Å²) >= 11 is 0. The number of nitrogens with zero attached hydrogens (tertiary/aromatic N) is 3. The summed E-state index contributed by atoms with van der Waals surface area (Å²) in [6.45, 7) is 6.92. The van der Waals surface area contributed by atoms with Gasteiger partial charge in [-0.1, -0.05) is 19.1 Å². The Bertz CT molecular complexity index is 827. The Labute approximate surface area is 111 Å². The number of aryl methyl sites for hydroxylation is 1. The molecule has 0 radical (unpaired) electrons. The standard InChI is InChI=1S/C15H17N3O/c1-4-11-10(3)17(5-2)15-16-12-8-6-7-9-13(12)18(15)14(11)19/h6-9H,4-5H2,1-3H3. The first-order valence-electron chi connectivity index (χ1n) is 6.68. The number of para-hydroxylation sites is 2. The maximum Gasteiger partial charge on any atom is 0.262 e. The van der Waals surface area contributed by atoms with E-state index in [1.807, 2.05) is 38.1 Å². The van der Waals surface area contributed by atoms with Gasteiger partial charge in [-0.25, -0.2) is 9.38 Å². The van der Waals surface area contributed by atoms with E-state index in [9.17, 15) is 4.79 Å². The van der Waals surface area contributed by atoms with Crippen molar-refractivity contribution in [3.63, 3.8) is 0 Å². The van der Waals surface area contributed by atoms with Crippen LogP contribution < -0.4 is 5.56 Å². The molecule has 98 valence electrons. The number of rotatable bonds is 2. The Morgan fingerprint density at radius 1 is 1.21 bits per heavy atom. The van der Waals surface area contributed by atoms with Crippen LogP contribution in [0.1, 0.15) is 25.1 Å². The quantitative estimate of drug-likeness (QED) is 0.706. The van der Waals surface area contributed by atoms with E-state index in [0.717, 1.165) is 41.0 Å². The Kier molecular flexibility index (Phi) is 2.66. The maximum atomic E-state index is 12.6. The van der Waals surface area contributed by atoms with Gasteiger partial charge in [0.2, 0.25) is 5.78 Å². The van der Waals surface area contributed by atoms with E-state index in [0.29, 0.717) is 0 Å². The van der Waals surface area contributed by atoms with E-state index >= 15 is 0 Å². The van der Waals surface area contributed by atoms with Crippen LogP contribution in [-0.2, 0) is 13.0 Å². The third-order valence-electron chi connectivity index (χ3n) is 3.76. The van der Waals surface area contributed by atoms with Gasteiger partial charge in [0, 0.05) is 17.8 Å². The minimum absolute atomic E-state index is 0.0633. The van der Waals surface area contributed by atoms with Gasteiger partial charge in [0.1, 0.15) is 0 Å². The summed E-state index contributed by atoms with van der Waals surface area (Å²) in [5, 5.41) is 0. The van der Waals surface area contributed by atoms with Gasteiger partial charge >= 0.3 is 0 Å². The van der Waals surface area contributed by atoms with E-state index < -0.39 is 0 Å². The van der Waals surface area contributed by atoms with Crippen LogP contribution in [-0.4, -0.2) is 14.0 Å². The molecule has 0 atom stereocenters. The SMILES string of the molecule is CCc1c(C)n(CC)c2nc3ccccc3n2c1=O. The molecule has 4 nitrogen and oxygen atoms in total. The molecule has 0 aliphatic rings. The molecule has 0 unspecified atom stereocenters. The van der Waals surface area contributed by atoms with Crippen molar-refractivity contribution >= 4 is 16.8 Å². The van der Waals surface area contributed by atoms with Crippen molar-refractivity contribution in [2.75, 3.05) is 0 Å². The number of benzene rings is 1. The van der Waals surface area contributed by atoms with Crippen molar-refractivity contribution in [3.8, 4) is 0 Å². The predicted octanol–water partition coefficient (Wildman–Crippen LogP) is 2.54. The van der Waals surface area contributed by atoms with Crippen LogP contribution in [0.2, 0.25) is 0 Å². The van der Waals surface area contributed by atoms with Crippen molar-refractivity contribution in [2.45, 2.75) is 33.7 Å². The number of hydrogen-bond donors (Lipinski definition) is 0. The first-order chi connectivity index (χ1) is 9.19. The van der Waals surface area contributed by atoms with Gasteiger partial charge in [0.25, 0.3) is 5.56 Å². The van der Waals surface area contributed by atoms with Crippen LogP contribution in [0.3, 0.4) is 0 Å². The molecule has 19 heavy (non-hydrogen) atoms. The fraction of sp³-hybridized carbons (Fsp3) is 0.333. The highest BCUT2D eigenvalue weighted by atomic mass is 16.1. The van der Waals surface area contributed by atoms with Crippen molar-refractivity contribution < 1.29 is 0 Å². The number of imidazole rings is 1. The van der Waals surface area contributed by atoms with Crippen molar-refractivity contribution in [2.24, 2.45) is 0 Å². The monoisotopic (exact) mass is 255 g/mol. The second-order valence-electron chi connectivity index (χ2n) is 4.70. The lowest BCUT2D eigenvalue weighted by atomic mass is 10.2. The van der Waals surface area contributed by atoms with Crippen LogP contribution in [0, 0.1) is 6.92 Å². The summed E-state index contributed by atoms with van der Waals surface area (Å²) in [5.74, 6) is 0.739. The molecular weight excluding hydrogens is 238 g/mol. The van der Waals surface area contributed by atoms with E-state index in [2.05, 4.69) is 16.5 Å². The molecule has 2 aromatic heterocycles. The molecule has 3 aromatic rings. The van der Waals surface area contributed by atoms with Gasteiger partial charge < -0.3 is 4.57 Å². The smallest absolute Gasteiger partial charge is 0.262 e. The third kappa shape index (κ3) is 1.52. The van der Waals surface area contributed by atoms with Crippen molar-refractivity contribution in [1.29, 1.82) is 0 Å². The molecule has 0 aliphatic carbocycles. The minimum Gasteiger partial charge on any atom is -0.315 e. The van der Waals surface area contributed by atoms with E-state index in [-0.39, 0.29) is 5.56 Å². The zero-order valence-electron chi connectivity index (χ0n) is 11.5. The molecule has 2 heterocycles. The Morgan fingerprint density at radius 3 is 2.63 bits per heavy atom. The molecule has 0 saturated heterocycles. The molecule has 1 aromatic carbocycles. The topological polar surface area (TPSA) is 39.3 Å². The van der Waals surface area contributed by atoms with Gasteiger partial charge in [-0.2, -0.15) is 0 Å². The molecule has 0 amide bonds. The predicted molar refractivity (Wildman–Crippen MR) is 76.7 cm³/mol. The summed E-state index contributed by atoms with van der Waals surface area (Å²) < 4.78 is 3.85. The van der Waals surface area contributed by atoms with Gasteiger partial charge in [0.15, 0.2) is 0 Å². The zero-order chi connectivity index (χ0) is 13.6. The highest BCUT2D eigenvalue weighted by Gasteiger charge is 2.15. The molecule has 0 fully saturated rings. The van der Waals surface area contributed by atoms with Gasteiger partial charge in [-0.05, 0) is 32.4 Å². The molecule has 0 aliphatic heterocycles. The van der Waals surface area contributed by atoms with Crippen molar-refractivity contribution in [3.05, 3.63) is 45.9 Å². The number of fused-ring (bicyclic) bond motifs is 3. The average molecular weight is 255 g/mol. The third-order valence-corrected chi connectivity index (χ3v) is 3.76. The lowest BCUT2D eigenvalue weighted by Gasteiger charge is -2.13. The van der Waals surface area contributed by atoms with Crippen LogP contribution in [0.5, 0.6) is 0 Å². The summed E-state index contributed by atoms with van der Waals surface area (Å²) in [4.78, 5) is 17.2. The highest BCUT2D eigenvalue weighted by molar-refractivity contribution is 5.79. The zero-order valence-corrected chi connectivity index (χ0v) is 11.5. The lowest BCUT2D eigenvalue weighted by molar-refractivity contribution is 0.708. The molecule has 0 bridgehead atoms. The maximum absolute atomic E-state index is 12.6. The first-order valence-corrected chi connectivity index (χ1v) is 6.68. The van der Waals surface area contributed by atoms with E-state index in [4.69, 9.17) is 0 Å². The van der Waals surface area contributed by atoms with Crippen LogP contribution in [0.15, 0.2) is 29.1 Å². The summed E-state index contributed by atoms with van der Waals surface area (Å²) in [7, 11) is 0. The molecule has 0 saturated carbocycles. The molecule has 4 heteroatoms. The molecule has 3 rings (SSSR count). The second-order valence-corrected chi connectivity index (χ2v) is 4.70. The van der Waals surface area contributed by atoms with Gasteiger partial charge in [-0.3, -0.25) is 4.79 Å². The van der Waals surface area contributed by atoms with Gasteiger partial charge in [-0.15, -0.1) is 0 Å². The van der Waals surface area contributed by atoms with E-state index in [1.54, 1.807) is 4.40 Å². The van der Waals surface area contributed by atoms with Crippen LogP contribution in [0.4, 0.5) is 0 Å². The normalized spacial score (nSPS) is 11.5. The second kappa shape index (κ2) is 4.23. The van der Waals surface area contributed by atoms with Crippen molar-refractivity contribution in [1.82, 2.24) is 14.0 Å². The fourth-order valence-electron chi connectivity index (χ4n) is 2.78. The largest absolute Gasteiger partial charge is 0.315 e. The summed E-state index contributed by atoms with van der Waals surface area (Å²) in [5.41, 5.74) is 3.72. The fourth-order valence-corrected chi connectivity index (χ4v) is 2.78. The van der Waals surface area contributed by atoms with Gasteiger partial charge in [0.05, 0.1) is 11.0 Å². The average Bonchev–Trinajstić information content (AvgIpc) is 2.79. The number of hydrogen-bond acceptors (Lipinski definition) is 2. The molecule has 0 spiro atoms. The Hall–Kier alpha value is -2.10. The first kappa shape index (κ1) is 12.0. The number of aromatic nitrogens is 3. The van der Waals surface area contributed by atoms with Crippen LogP contribution in [0.25, 0.3) is 16.8 Å². The molecular formula is C15H17N3O. The molecule has 0 N–H and O–H groups in total. The minimum atomic E-state index is 0.0633. The Morgan fingerprint density at radius 2 is 1.95 bits per heavy atom.